The molecule has 0 bridgehead atoms. The molecule has 2 aliphatic carbocycles. The van der Waals surface area contributed by atoms with Crippen LogP contribution in [0.3, 0.4) is 0 Å². The Morgan fingerprint density at radius 2 is 1.65 bits per heavy atom. The van der Waals surface area contributed by atoms with E-state index in [1.54, 1.807) is 0 Å². The van der Waals surface area contributed by atoms with Crippen molar-refractivity contribution in [1.82, 2.24) is 14.8 Å². The normalized spacial score (nSPS) is 33.0. The number of pyridine rings is 1. The zero-order chi connectivity index (χ0) is 14.1. The quantitative estimate of drug-likeness (QED) is 0.840. The molecule has 3 rings (SSSR count). The van der Waals surface area contributed by atoms with Crippen LogP contribution in [-0.2, 0) is 6.54 Å². The van der Waals surface area contributed by atoms with E-state index in [9.17, 15) is 0 Å². The summed E-state index contributed by atoms with van der Waals surface area (Å²) in [5, 5.41) is 0. The predicted octanol–water partition coefficient (Wildman–Crippen LogP) is 2.63. The minimum atomic E-state index is 0.759. The maximum atomic E-state index is 4.45. The van der Waals surface area contributed by atoms with E-state index >= 15 is 0 Å². The van der Waals surface area contributed by atoms with Crippen molar-refractivity contribution in [3.63, 3.8) is 0 Å². The third-order valence-corrected chi connectivity index (χ3v) is 5.46. The molecule has 1 heterocycles. The van der Waals surface area contributed by atoms with Crippen molar-refractivity contribution in [3.8, 4) is 0 Å². The van der Waals surface area contributed by atoms with Gasteiger partial charge in [0.15, 0.2) is 0 Å². The summed E-state index contributed by atoms with van der Waals surface area (Å²) in [6, 6.07) is 7.79. The molecule has 20 heavy (non-hydrogen) atoms. The van der Waals surface area contributed by atoms with Gasteiger partial charge in [-0.1, -0.05) is 6.07 Å². The van der Waals surface area contributed by atoms with Crippen molar-refractivity contribution in [3.05, 3.63) is 30.1 Å². The van der Waals surface area contributed by atoms with E-state index in [0.29, 0.717) is 0 Å². The Morgan fingerprint density at radius 1 is 1.00 bits per heavy atom. The summed E-state index contributed by atoms with van der Waals surface area (Å²) >= 11 is 0. The van der Waals surface area contributed by atoms with E-state index in [2.05, 4.69) is 48.1 Å². The number of aromatic nitrogens is 1. The highest BCUT2D eigenvalue weighted by atomic mass is 15.1. The highest BCUT2D eigenvalue weighted by Gasteiger charge is 2.43. The van der Waals surface area contributed by atoms with Gasteiger partial charge in [0.25, 0.3) is 0 Å². The maximum absolute atomic E-state index is 4.45. The zero-order valence-electron chi connectivity index (χ0n) is 13.0. The Hall–Kier alpha value is -0.930. The molecule has 2 unspecified atom stereocenters. The zero-order valence-corrected chi connectivity index (χ0v) is 13.0. The number of nitrogens with zero attached hydrogens (tertiary/aromatic N) is 3. The lowest BCUT2D eigenvalue weighted by Gasteiger charge is -2.26. The van der Waals surface area contributed by atoms with Crippen molar-refractivity contribution in [2.45, 2.75) is 44.3 Å². The minimum Gasteiger partial charge on any atom is -0.306 e. The van der Waals surface area contributed by atoms with Gasteiger partial charge in [0, 0.05) is 24.8 Å². The van der Waals surface area contributed by atoms with Crippen LogP contribution in [0.1, 0.15) is 31.4 Å². The fourth-order valence-corrected chi connectivity index (χ4v) is 4.21. The average Bonchev–Trinajstić information content (AvgIpc) is 2.97. The molecule has 2 saturated carbocycles. The lowest BCUT2D eigenvalue weighted by molar-refractivity contribution is 0.210. The molecule has 0 radical (unpaired) electrons. The smallest absolute Gasteiger partial charge is 0.0543 e. The van der Waals surface area contributed by atoms with Gasteiger partial charge in [0.05, 0.1) is 5.69 Å². The fourth-order valence-electron chi connectivity index (χ4n) is 4.21. The monoisotopic (exact) mass is 273 g/mol. The van der Waals surface area contributed by atoms with Crippen LogP contribution in [0.5, 0.6) is 0 Å². The van der Waals surface area contributed by atoms with E-state index < -0.39 is 0 Å². The second-order valence-electron chi connectivity index (χ2n) is 6.97. The molecule has 2 fully saturated rings. The Kier molecular flexibility index (Phi) is 4.08. The summed E-state index contributed by atoms with van der Waals surface area (Å²) in [4.78, 5) is 9.39. The average molecular weight is 273 g/mol. The van der Waals surface area contributed by atoms with Gasteiger partial charge in [-0.3, -0.25) is 9.88 Å². The molecular weight excluding hydrogens is 246 g/mol. The number of hydrogen-bond acceptors (Lipinski definition) is 3. The molecule has 110 valence electrons. The van der Waals surface area contributed by atoms with Gasteiger partial charge in [-0.2, -0.15) is 0 Å². The molecule has 0 spiro atoms. The van der Waals surface area contributed by atoms with Crippen LogP contribution < -0.4 is 0 Å². The Balaban J connectivity index is 1.54. The lowest BCUT2D eigenvalue weighted by Crippen LogP contribution is -2.31. The van der Waals surface area contributed by atoms with Crippen LogP contribution in [0.15, 0.2) is 24.4 Å². The lowest BCUT2D eigenvalue weighted by atomic mass is 10.0. The Morgan fingerprint density at radius 3 is 2.20 bits per heavy atom. The van der Waals surface area contributed by atoms with E-state index in [-0.39, 0.29) is 0 Å². The van der Waals surface area contributed by atoms with E-state index in [4.69, 9.17) is 0 Å². The number of fused-ring (bicyclic) bond motifs is 1. The molecule has 0 aromatic carbocycles. The minimum absolute atomic E-state index is 0.759. The van der Waals surface area contributed by atoms with E-state index in [0.717, 1.165) is 30.5 Å². The molecule has 0 amide bonds. The number of rotatable bonds is 4. The van der Waals surface area contributed by atoms with E-state index in [1.807, 2.05) is 12.3 Å². The SMILES string of the molecule is CN(C)C1C[C@@H]2CC(N(C)Cc3ccccn3)C[C@@H]2C1. The van der Waals surface area contributed by atoms with E-state index in [1.165, 1.54) is 31.4 Å². The van der Waals surface area contributed by atoms with Crippen molar-refractivity contribution in [2.24, 2.45) is 11.8 Å². The van der Waals surface area contributed by atoms with Gasteiger partial charge in [-0.25, -0.2) is 0 Å². The van der Waals surface area contributed by atoms with Gasteiger partial charge in [-0.15, -0.1) is 0 Å². The van der Waals surface area contributed by atoms with Crippen molar-refractivity contribution >= 4 is 0 Å². The third-order valence-electron chi connectivity index (χ3n) is 5.46. The van der Waals surface area contributed by atoms with Crippen LogP contribution >= 0.6 is 0 Å². The maximum Gasteiger partial charge on any atom is 0.0543 e. The van der Waals surface area contributed by atoms with Gasteiger partial charge in [0.2, 0.25) is 0 Å². The first-order valence-corrected chi connectivity index (χ1v) is 7.90. The molecule has 4 atom stereocenters. The summed E-state index contributed by atoms with van der Waals surface area (Å²) in [6.45, 7) is 0.988. The Labute approximate surface area is 123 Å². The van der Waals surface area contributed by atoms with Crippen molar-refractivity contribution in [1.29, 1.82) is 0 Å². The second-order valence-corrected chi connectivity index (χ2v) is 6.97. The standard InChI is InChI=1S/C17H27N3/c1-19(2)16-8-13-10-17(11-14(13)9-16)20(3)12-15-6-4-5-7-18-15/h4-7,13-14,16-17H,8-12H2,1-3H3/t13-,14+,16?,17?. The van der Waals surface area contributed by atoms with Crippen LogP contribution in [-0.4, -0.2) is 48.0 Å². The van der Waals surface area contributed by atoms with Gasteiger partial charge < -0.3 is 4.90 Å². The predicted molar refractivity (Wildman–Crippen MR) is 82.4 cm³/mol. The summed E-state index contributed by atoms with van der Waals surface area (Å²) in [5.74, 6) is 1.91. The van der Waals surface area contributed by atoms with Crippen molar-refractivity contribution < 1.29 is 0 Å². The molecule has 0 saturated heterocycles. The molecule has 3 heteroatoms. The highest BCUT2D eigenvalue weighted by molar-refractivity contribution is 5.04. The van der Waals surface area contributed by atoms with Gasteiger partial charge in [-0.05, 0) is 70.8 Å². The summed E-state index contributed by atoms with van der Waals surface area (Å²) in [6.07, 6.45) is 7.49. The summed E-state index contributed by atoms with van der Waals surface area (Å²) in [5.41, 5.74) is 1.19. The first-order chi connectivity index (χ1) is 9.63. The second kappa shape index (κ2) is 5.82. The summed E-state index contributed by atoms with van der Waals surface area (Å²) in [7, 11) is 6.73. The van der Waals surface area contributed by atoms with Crippen LogP contribution in [0.4, 0.5) is 0 Å². The largest absolute Gasteiger partial charge is 0.306 e. The van der Waals surface area contributed by atoms with Crippen LogP contribution in [0, 0.1) is 11.8 Å². The Bertz CT molecular complexity index is 417. The van der Waals surface area contributed by atoms with Crippen LogP contribution in [0.2, 0.25) is 0 Å². The number of hydrogen-bond donors (Lipinski definition) is 0. The van der Waals surface area contributed by atoms with Crippen LogP contribution in [0.25, 0.3) is 0 Å². The molecule has 1 aromatic heterocycles. The molecule has 2 aliphatic rings. The van der Waals surface area contributed by atoms with Crippen molar-refractivity contribution in [2.75, 3.05) is 21.1 Å². The first-order valence-electron chi connectivity index (χ1n) is 7.90. The third kappa shape index (κ3) is 2.89. The summed E-state index contributed by atoms with van der Waals surface area (Å²) < 4.78 is 0. The van der Waals surface area contributed by atoms with Gasteiger partial charge >= 0.3 is 0 Å². The molecular formula is C17H27N3. The highest BCUT2D eigenvalue weighted by Crippen LogP contribution is 2.46. The molecule has 0 N–H and O–H groups in total. The molecule has 0 aliphatic heterocycles. The first kappa shape index (κ1) is 14.0. The molecule has 1 aromatic rings. The molecule has 3 nitrogen and oxygen atoms in total. The topological polar surface area (TPSA) is 19.4 Å². The fraction of sp³-hybridized carbons (Fsp3) is 0.706. The van der Waals surface area contributed by atoms with Gasteiger partial charge in [0.1, 0.15) is 0 Å².